The minimum atomic E-state index is -5.02. The molecule has 0 bridgehead atoms. The number of halogens is 3. The van der Waals surface area contributed by atoms with Gasteiger partial charge in [-0.1, -0.05) is 0 Å². The highest BCUT2D eigenvalue weighted by atomic mass is 32.2. The van der Waals surface area contributed by atoms with Crippen LogP contribution in [0.1, 0.15) is 12.8 Å². The van der Waals surface area contributed by atoms with E-state index in [9.17, 15) is 41.8 Å². The van der Waals surface area contributed by atoms with Crippen LogP contribution in [0.3, 0.4) is 0 Å². The first-order valence-corrected chi connectivity index (χ1v) is 8.89. The van der Waals surface area contributed by atoms with Gasteiger partial charge < -0.3 is 4.90 Å². The minimum absolute atomic E-state index is 0.0249. The minimum Gasteiger partial charge on any atom is -0.365 e. The third-order valence-corrected chi connectivity index (χ3v) is 5.96. The van der Waals surface area contributed by atoms with E-state index in [0.29, 0.717) is 6.08 Å². The van der Waals surface area contributed by atoms with Crippen LogP contribution in [0.2, 0.25) is 0 Å². The summed E-state index contributed by atoms with van der Waals surface area (Å²) in [5.74, 6) is -0.659. The maximum atomic E-state index is 13.4. The van der Waals surface area contributed by atoms with Crippen LogP contribution in [0.5, 0.6) is 0 Å². The molecule has 0 saturated carbocycles. The van der Waals surface area contributed by atoms with Crippen LogP contribution >= 0.6 is 0 Å². The van der Waals surface area contributed by atoms with Crippen LogP contribution in [-0.4, -0.2) is 60.0 Å². The number of hydrogen-bond acceptors (Lipinski definition) is 7. The molecule has 0 aromatic rings. The molecule has 0 amide bonds. The smallest absolute Gasteiger partial charge is 0.365 e. The molecule has 0 aromatic heterocycles. The van der Waals surface area contributed by atoms with Gasteiger partial charge >= 0.3 is 6.18 Å². The van der Waals surface area contributed by atoms with Crippen molar-refractivity contribution in [2.75, 3.05) is 18.6 Å². The van der Waals surface area contributed by atoms with E-state index in [1.165, 1.54) is 0 Å². The van der Waals surface area contributed by atoms with Crippen molar-refractivity contribution in [3.8, 4) is 0 Å². The normalized spacial score (nSPS) is 26.3. The molecule has 140 valence electrons. The van der Waals surface area contributed by atoms with Crippen molar-refractivity contribution in [2.45, 2.75) is 31.1 Å². The third-order valence-electron chi connectivity index (χ3n) is 4.21. The second-order valence-electron chi connectivity index (χ2n) is 5.86. The first kappa shape index (κ1) is 19.1. The fourth-order valence-electron chi connectivity index (χ4n) is 2.97. The fraction of sp³-hybridized carbons (Fsp3) is 0.667. The molecule has 2 rings (SSSR count). The first-order chi connectivity index (χ1) is 11.3. The third kappa shape index (κ3) is 3.91. The molecule has 2 unspecified atom stereocenters. The molecule has 1 heterocycles. The summed E-state index contributed by atoms with van der Waals surface area (Å²) in [6, 6.07) is -2.74. The lowest BCUT2D eigenvalue weighted by Crippen LogP contribution is -2.39. The van der Waals surface area contributed by atoms with Crippen molar-refractivity contribution in [3.63, 3.8) is 0 Å². The van der Waals surface area contributed by atoms with Crippen LogP contribution in [0, 0.1) is 20.2 Å². The highest BCUT2D eigenvalue weighted by Crippen LogP contribution is 2.40. The number of nitro groups is 2. The van der Waals surface area contributed by atoms with Crippen LogP contribution in [0.25, 0.3) is 0 Å². The van der Waals surface area contributed by atoms with E-state index in [1.54, 1.807) is 0 Å². The molecule has 2 atom stereocenters. The van der Waals surface area contributed by atoms with Gasteiger partial charge in [-0.05, 0) is 6.42 Å². The molecule has 1 fully saturated rings. The Morgan fingerprint density at radius 1 is 1.28 bits per heavy atom. The molecule has 2 aliphatic rings. The van der Waals surface area contributed by atoms with Gasteiger partial charge in [0.25, 0.3) is 5.70 Å². The number of rotatable bonds is 4. The Kier molecular flexibility index (Phi) is 4.81. The Hall–Kier alpha value is -2.18. The average molecular weight is 385 g/mol. The predicted octanol–water partition coefficient (Wildman–Crippen LogP) is 1.13. The summed E-state index contributed by atoms with van der Waals surface area (Å²) < 4.78 is 63.3. The lowest BCUT2D eigenvalue weighted by atomic mass is 9.94. The maximum absolute atomic E-state index is 13.4. The molecular weight excluding hydrogens is 371 g/mol. The Labute approximate surface area is 140 Å². The van der Waals surface area contributed by atoms with E-state index in [2.05, 4.69) is 0 Å². The van der Waals surface area contributed by atoms with E-state index >= 15 is 0 Å². The van der Waals surface area contributed by atoms with Crippen LogP contribution < -0.4 is 0 Å². The lowest BCUT2D eigenvalue weighted by Gasteiger charge is -2.31. The van der Waals surface area contributed by atoms with Crippen molar-refractivity contribution in [2.24, 2.45) is 0 Å². The van der Waals surface area contributed by atoms with Gasteiger partial charge in [-0.3, -0.25) is 20.2 Å². The molecule has 9 nitrogen and oxygen atoms in total. The molecule has 0 spiro atoms. The Balaban J connectivity index is 2.56. The van der Waals surface area contributed by atoms with Crippen molar-refractivity contribution in [1.29, 1.82) is 0 Å². The van der Waals surface area contributed by atoms with Gasteiger partial charge in [0.15, 0.2) is 9.84 Å². The number of hydrogen-bond donors (Lipinski definition) is 0. The Morgan fingerprint density at radius 3 is 2.28 bits per heavy atom. The zero-order valence-electron chi connectivity index (χ0n) is 12.9. The van der Waals surface area contributed by atoms with Crippen LogP contribution in [0.4, 0.5) is 13.2 Å². The zero-order valence-corrected chi connectivity index (χ0v) is 13.7. The number of nitrogens with zero attached hydrogens (tertiary/aromatic N) is 3. The van der Waals surface area contributed by atoms with Crippen LogP contribution in [-0.2, 0) is 9.84 Å². The molecule has 1 aliphatic carbocycles. The SMILES string of the molecule is CN(C1=C(C(F)(F)F)CC([N+](=O)[O-])C=C1[N+](=O)[O-])C1CCS(=O)(=O)C1. The lowest BCUT2D eigenvalue weighted by molar-refractivity contribution is -0.512. The first-order valence-electron chi connectivity index (χ1n) is 7.07. The highest BCUT2D eigenvalue weighted by Gasteiger charge is 2.49. The molecule has 0 N–H and O–H groups in total. The van der Waals surface area contributed by atoms with Gasteiger partial charge in [-0.2, -0.15) is 13.2 Å². The van der Waals surface area contributed by atoms with Gasteiger partial charge in [0, 0.05) is 18.0 Å². The molecule has 1 aliphatic heterocycles. The molecule has 25 heavy (non-hydrogen) atoms. The summed E-state index contributed by atoms with van der Waals surface area (Å²) in [5.41, 5.74) is -3.24. The summed E-state index contributed by atoms with van der Waals surface area (Å²) >= 11 is 0. The fourth-order valence-corrected chi connectivity index (χ4v) is 4.74. The standard InChI is InChI=1S/C12H14F3N3O6S/c1-16(7-2-3-25(23,24)6-7)11-9(12(13,14)15)4-8(17(19)20)5-10(11)18(21)22/h5,7-8H,2-4,6H2,1H3. The van der Waals surface area contributed by atoms with E-state index in [1.807, 2.05) is 0 Å². The summed E-state index contributed by atoms with van der Waals surface area (Å²) in [7, 11) is -2.30. The summed E-state index contributed by atoms with van der Waals surface area (Å²) in [5, 5.41) is 22.1. The molecule has 0 aromatic carbocycles. The summed E-state index contributed by atoms with van der Waals surface area (Å²) in [6.07, 6.45) is -5.47. The molecule has 1 saturated heterocycles. The van der Waals surface area contributed by atoms with Crippen molar-refractivity contribution in [3.05, 3.63) is 43.3 Å². The van der Waals surface area contributed by atoms with Gasteiger partial charge in [-0.15, -0.1) is 0 Å². The monoisotopic (exact) mass is 385 g/mol. The van der Waals surface area contributed by atoms with Gasteiger partial charge in [0.1, 0.15) is 5.70 Å². The van der Waals surface area contributed by atoms with Gasteiger partial charge in [0.2, 0.25) is 6.04 Å². The van der Waals surface area contributed by atoms with E-state index < -0.39 is 67.1 Å². The number of likely N-dealkylation sites (N-methyl/N-ethyl adjacent to an activating group) is 1. The number of sulfone groups is 1. The van der Waals surface area contributed by atoms with Crippen LogP contribution in [0.15, 0.2) is 23.0 Å². The second kappa shape index (κ2) is 6.28. The zero-order chi connectivity index (χ0) is 19.2. The van der Waals surface area contributed by atoms with E-state index in [4.69, 9.17) is 0 Å². The maximum Gasteiger partial charge on any atom is 0.415 e. The Morgan fingerprint density at radius 2 is 1.88 bits per heavy atom. The summed E-state index contributed by atoms with van der Waals surface area (Å²) in [4.78, 5) is 20.9. The van der Waals surface area contributed by atoms with E-state index in [0.717, 1.165) is 11.9 Å². The second-order valence-corrected chi connectivity index (χ2v) is 8.09. The molecule has 0 radical (unpaired) electrons. The molecular formula is C12H14F3N3O6S. The predicted molar refractivity (Wildman–Crippen MR) is 78.4 cm³/mol. The number of alkyl halides is 3. The highest BCUT2D eigenvalue weighted by molar-refractivity contribution is 7.91. The van der Waals surface area contributed by atoms with Gasteiger partial charge in [0.05, 0.1) is 34.5 Å². The van der Waals surface area contributed by atoms with Crippen molar-refractivity contribution >= 4 is 9.84 Å². The van der Waals surface area contributed by atoms with Gasteiger partial charge in [-0.25, -0.2) is 8.42 Å². The van der Waals surface area contributed by atoms with E-state index in [-0.39, 0.29) is 12.2 Å². The Bertz CT molecular complexity index is 773. The van der Waals surface area contributed by atoms with Crippen molar-refractivity contribution in [1.82, 2.24) is 4.90 Å². The quantitative estimate of drug-likeness (QED) is 0.525. The summed E-state index contributed by atoms with van der Waals surface area (Å²) in [6.45, 7) is 0. The van der Waals surface area contributed by atoms with Crippen molar-refractivity contribution < 1.29 is 31.4 Å². The topological polar surface area (TPSA) is 124 Å². The largest absolute Gasteiger partial charge is 0.415 e. The molecule has 13 heteroatoms. The average Bonchev–Trinajstić information content (AvgIpc) is 2.84.